The predicted molar refractivity (Wildman–Crippen MR) is 84.6 cm³/mol. The van der Waals surface area contributed by atoms with Crippen molar-refractivity contribution < 1.29 is 9.47 Å². The number of hydrogen-bond acceptors (Lipinski definition) is 3. The third kappa shape index (κ3) is 4.80. The van der Waals surface area contributed by atoms with Gasteiger partial charge in [-0.05, 0) is 30.3 Å². The molecule has 1 rings (SSSR count). The molecule has 0 amide bonds. The Labute approximate surface area is 123 Å². The van der Waals surface area contributed by atoms with Gasteiger partial charge in [0, 0.05) is 18.0 Å². The monoisotopic (exact) mass is 277 g/mol. The van der Waals surface area contributed by atoms with Crippen LogP contribution in [0.15, 0.2) is 30.5 Å². The first-order valence-corrected chi connectivity index (χ1v) is 7.18. The van der Waals surface area contributed by atoms with E-state index >= 15 is 0 Å². The lowest BCUT2D eigenvalue weighted by Gasteiger charge is -2.22. The quantitative estimate of drug-likeness (QED) is 0.731. The smallest absolute Gasteiger partial charge is 0.122 e. The fourth-order valence-electron chi connectivity index (χ4n) is 1.91. The van der Waals surface area contributed by atoms with Crippen molar-refractivity contribution in [1.29, 1.82) is 0 Å². The standard InChI is InChI=1S/C17H27NO2/c1-6-7-9-18-10-8-17(2,3)14-11-15(19-4)13-16(12-14)20-5/h8,10-13,18H,6-7,9H2,1-5H3/b10-8-. The van der Waals surface area contributed by atoms with E-state index in [9.17, 15) is 0 Å². The normalized spacial score (nSPS) is 11.7. The Morgan fingerprint density at radius 2 is 1.70 bits per heavy atom. The molecule has 1 N–H and O–H groups in total. The van der Waals surface area contributed by atoms with Crippen LogP contribution in [0.3, 0.4) is 0 Å². The second-order valence-corrected chi connectivity index (χ2v) is 5.46. The summed E-state index contributed by atoms with van der Waals surface area (Å²) in [6, 6.07) is 6.00. The molecule has 0 atom stereocenters. The van der Waals surface area contributed by atoms with Crippen molar-refractivity contribution in [2.24, 2.45) is 0 Å². The summed E-state index contributed by atoms with van der Waals surface area (Å²) in [5.41, 5.74) is 1.09. The Kier molecular flexibility index (Phi) is 6.43. The van der Waals surface area contributed by atoms with Gasteiger partial charge in [0.05, 0.1) is 14.2 Å². The summed E-state index contributed by atoms with van der Waals surface area (Å²) in [4.78, 5) is 0. The first kappa shape index (κ1) is 16.4. The van der Waals surface area contributed by atoms with Gasteiger partial charge in [-0.3, -0.25) is 0 Å². The molecular weight excluding hydrogens is 250 g/mol. The van der Waals surface area contributed by atoms with Crippen molar-refractivity contribution >= 4 is 0 Å². The summed E-state index contributed by atoms with van der Waals surface area (Å²) in [6.07, 6.45) is 6.62. The molecule has 0 bridgehead atoms. The van der Waals surface area contributed by atoms with Crippen LogP contribution in [-0.4, -0.2) is 20.8 Å². The number of allylic oxidation sites excluding steroid dienone is 1. The summed E-state index contributed by atoms with van der Waals surface area (Å²) in [5.74, 6) is 1.64. The molecule has 0 aliphatic rings. The summed E-state index contributed by atoms with van der Waals surface area (Å²) >= 11 is 0. The molecule has 0 spiro atoms. The molecule has 0 heterocycles. The van der Waals surface area contributed by atoms with Crippen LogP contribution in [-0.2, 0) is 5.41 Å². The van der Waals surface area contributed by atoms with Crippen LogP contribution in [0.5, 0.6) is 11.5 Å². The van der Waals surface area contributed by atoms with E-state index in [1.807, 2.05) is 12.3 Å². The van der Waals surface area contributed by atoms with Gasteiger partial charge >= 0.3 is 0 Å². The van der Waals surface area contributed by atoms with Gasteiger partial charge < -0.3 is 14.8 Å². The number of nitrogens with one attached hydrogen (secondary N) is 1. The highest BCUT2D eigenvalue weighted by molar-refractivity contribution is 5.43. The van der Waals surface area contributed by atoms with Crippen molar-refractivity contribution in [3.8, 4) is 11.5 Å². The minimum Gasteiger partial charge on any atom is -0.497 e. The van der Waals surface area contributed by atoms with E-state index in [-0.39, 0.29) is 5.41 Å². The average molecular weight is 277 g/mol. The van der Waals surface area contributed by atoms with Crippen molar-refractivity contribution in [2.75, 3.05) is 20.8 Å². The maximum Gasteiger partial charge on any atom is 0.122 e. The number of benzene rings is 1. The molecule has 20 heavy (non-hydrogen) atoms. The minimum atomic E-state index is -0.0823. The first-order valence-electron chi connectivity index (χ1n) is 7.18. The molecular formula is C17H27NO2. The highest BCUT2D eigenvalue weighted by Crippen LogP contribution is 2.31. The lowest BCUT2D eigenvalue weighted by Crippen LogP contribution is -2.16. The molecule has 3 heteroatoms. The lowest BCUT2D eigenvalue weighted by molar-refractivity contribution is 0.392. The number of rotatable bonds is 8. The molecule has 0 aromatic heterocycles. The van der Waals surface area contributed by atoms with E-state index in [1.54, 1.807) is 14.2 Å². The van der Waals surface area contributed by atoms with Crippen molar-refractivity contribution in [1.82, 2.24) is 5.32 Å². The van der Waals surface area contributed by atoms with Crippen LogP contribution in [0, 0.1) is 0 Å². The van der Waals surface area contributed by atoms with Gasteiger partial charge in [-0.15, -0.1) is 0 Å². The Morgan fingerprint density at radius 1 is 1.10 bits per heavy atom. The van der Waals surface area contributed by atoms with E-state index < -0.39 is 0 Å². The summed E-state index contributed by atoms with van der Waals surface area (Å²) in [7, 11) is 3.35. The highest BCUT2D eigenvalue weighted by Gasteiger charge is 2.19. The minimum absolute atomic E-state index is 0.0823. The zero-order valence-corrected chi connectivity index (χ0v) is 13.3. The SMILES string of the molecule is CCCCN/C=C\C(C)(C)c1cc(OC)cc(OC)c1. The highest BCUT2D eigenvalue weighted by atomic mass is 16.5. The molecule has 0 fully saturated rings. The summed E-state index contributed by atoms with van der Waals surface area (Å²) in [6.45, 7) is 7.57. The fraction of sp³-hybridized carbons (Fsp3) is 0.529. The van der Waals surface area contributed by atoms with Gasteiger partial charge in [-0.1, -0.05) is 33.3 Å². The molecule has 1 aromatic rings. The van der Waals surface area contributed by atoms with Gasteiger partial charge in [0.15, 0.2) is 0 Å². The Morgan fingerprint density at radius 3 is 2.20 bits per heavy atom. The summed E-state index contributed by atoms with van der Waals surface area (Å²) < 4.78 is 10.7. The van der Waals surface area contributed by atoms with E-state index in [1.165, 1.54) is 18.4 Å². The van der Waals surface area contributed by atoms with E-state index in [0.29, 0.717) is 0 Å². The average Bonchev–Trinajstić information content (AvgIpc) is 2.46. The van der Waals surface area contributed by atoms with E-state index in [2.05, 4.69) is 44.3 Å². The van der Waals surface area contributed by atoms with Crippen LogP contribution in [0.4, 0.5) is 0 Å². The van der Waals surface area contributed by atoms with Gasteiger partial charge in [-0.2, -0.15) is 0 Å². The van der Waals surface area contributed by atoms with Gasteiger partial charge in [0.25, 0.3) is 0 Å². The van der Waals surface area contributed by atoms with Gasteiger partial charge in [0.1, 0.15) is 11.5 Å². The molecule has 0 saturated carbocycles. The number of methoxy groups -OCH3 is 2. The molecule has 0 aliphatic carbocycles. The molecule has 1 aromatic carbocycles. The van der Waals surface area contributed by atoms with Crippen molar-refractivity contribution in [2.45, 2.75) is 39.0 Å². The fourth-order valence-corrected chi connectivity index (χ4v) is 1.91. The van der Waals surface area contributed by atoms with E-state index in [0.717, 1.165) is 18.0 Å². The van der Waals surface area contributed by atoms with Crippen LogP contribution >= 0.6 is 0 Å². The van der Waals surface area contributed by atoms with Gasteiger partial charge in [-0.25, -0.2) is 0 Å². The number of ether oxygens (including phenoxy) is 2. The maximum absolute atomic E-state index is 5.33. The Balaban J connectivity index is 2.84. The third-order valence-electron chi connectivity index (χ3n) is 3.39. The zero-order valence-electron chi connectivity index (χ0n) is 13.3. The molecule has 3 nitrogen and oxygen atoms in total. The second kappa shape index (κ2) is 7.83. The third-order valence-corrected chi connectivity index (χ3v) is 3.39. The molecule has 0 aliphatic heterocycles. The molecule has 0 radical (unpaired) electrons. The first-order chi connectivity index (χ1) is 9.53. The molecule has 112 valence electrons. The van der Waals surface area contributed by atoms with Gasteiger partial charge in [0.2, 0.25) is 0 Å². The molecule has 0 unspecified atom stereocenters. The van der Waals surface area contributed by atoms with Crippen molar-refractivity contribution in [3.05, 3.63) is 36.0 Å². The van der Waals surface area contributed by atoms with Crippen LogP contribution < -0.4 is 14.8 Å². The number of hydrogen-bond donors (Lipinski definition) is 1. The van der Waals surface area contributed by atoms with Crippen molar-refractivity contribution in [3.63, 3.8) is 0 Å². The Bertz CT molecular complexity index is 416. The summed E-state index contributed by atoms with van der Waals surface area (Å²) in [5, 5.41) is 3.33. The van der Waals surface area contributed by atoms with E-state index in [4.69, 9.17) is 9.47 Å². The number of unbranched alkanes of at least 4 members (excludes halogenated alkanes) is 1. The zero-order chi connectivity index (χ0) is 15.0. The topological polar surface area (TPSA) is 30.5 Å². The second-order valence-electron chi connectivity index (χ2n) is 5.46. The Hall–Kier alpha value is -1.64. The predicted octanol–water partition coefficient (Wildman–Crippen LogP) is 3.88. The lowest BCUT2D eigenvalue weighted by atomic mass is 9.84. The molecule has 0 saturated heterocycles. The van der Waals surface area contributed by atoms with Crippen LogP contribution in [0.2, 0.25) is 0 Å². The maximum atomic E-state index is 5.33. The largest absolute Gasteiger partial charge is 0.497 e. The van der Waals surface area contributed by atoms with Crippen LogP contribution in [0.25, 0.3) is 0 Å². The van der Waals surface area contributed by atoms with Crippen LogP contribution in [0.1, 0.15) is 39.2 Å².